The Balaban J connectivity index is 2.18. The molecule has 3 heteroatoms. The van der Waals surface area contributed by atoms with E-state index in [0.717, 1.165) is 25.1 Å². The zero-order chi connectivity index (χ0) is 14.5. The third-order valence-corrected chi connectivity index (χ3v) is 4.33. The van der Waals surface area contributed by atoms with Gasteiger partial charge < -0.3 is 5.11 Å². The van der Waals surface area contributed by atoms with Gasteiger partial charge in [-0.1, -0.05) is 19.8 Å². The number of hydrogen-bond acceptors (Lipinski definition) is 3. The first-order chi connectivity index (χ1) is 9.61. The summed E-state index contributed by atoms with van der Waals surface area (Å²) in [4.78, 5) is 13.9. The SMILES string of the molecule is CCC1CCCCCN1Cc1cc(C(C)=O)ccc1O. The van der Waals surface area contributed by atoms with E-state index < -0.39 is 0 Å². The Labute approximate surface area is 121 Å². The van der Waals surface area contributed by atoms with Crippen LogP contribution in [0.2, 0.25) is 0 Å². The van der Waals surface area contributed by atoms with Crippen molar-refractivity contribution in [3.63, 3.8) is 0 Å². The van der Waals surface area contributed by atoms with Crippen molar-refractivity contribution >= 4 is 5.78 Å². The van der Waals surface area contributed by atoms with Crippen LogP contribution in [0.25, 0.3) is 0 Å². The summed E-state index contributed by atoms with van der Waals surface area (Å²) in [6.45, 7) is 5.62. The predicted molar refractivity (Wildman–Crippen MR) is 81.1 cm³/mol. The molecule has 1 aromatic carbocycles. The number of Topliss-reactive ketones (excluding diaryl/α,β-unsaturated/α-hetero) is 1. The maximum Gasteiger partial charge on any atom is 0.159 e. The molecule has 0 bridgehead atoms. The molecule has 1 unspecified atom stereocenters. The Hall–Kier alpha value is -1.35. The molecule has 1 atom stereocenters. The molecule has 1 N–H and O–H groups in total. The molecule has 0 aliphatic carbocycles. The number of carbonyl (C=O) groups excluding carboxylic acids is 1. The quantitative estimate of drug-likeness (QED) is 0.851. The van der Waals surface area contributed by atoms with Crippen LogP contribution in [0.15, 0.2) is 18.2 Å². The summed E-state index contributed by atoms with van der Waals surface area (Å²) in [5.74, 6) is 0.350. The molecule has 0 saturated carbocycles. The second-order valence-corrected chi connectivity index (χ2v) is 5.78. The van der Waals surface area contributed by atoms with Crippen LogP contribution in [-0.4, -0.2) is 28.4 Å². The van der Waals surface area contributed by atoms with E-state index in [1.54, 1.807) is 19.1 Å². The third-order valence-electron chi connectivity index (χ3n) is 4.33. The number of phenolic OH excluding ortho intramolecular Hbond substituents is 1. The van der Waals surface area contributed by atoms with E-state index in [9.17, 15) is 9.90 Å². The smallest absolute Gasteiger partial charge is 0.159 e. The molecule has 0 amide bonds. The Kier molecular flexibility index (Phi) is 5.18. The average Bonchev–Trinajstić information content (AvgIpc) is 2.66. The van der Waals surface area contributed by atoms with E-state index in [1.807, 2.05) is 6.07 Å². The Morgan fingerprint density at radius 2 is 2.15 bits per heavy atom. The number of benzene rings is 1. The van der Waals surface area contributed by atoms with Gasteiger partial charge in [0.25, 0.3) is 0 Å². The average molecular weight is 275 g/mol. The lowest BCUT2D eigenvalue weighted by Gasteiger charge is -2.29. The largest absolute Gasteiger partial charge is 0.508 e. The number of hydrogen-bond donors (Lipinski definition) is 1. The first-order valence-corrected chi connectivity index (χ1v) is 7.68. The summed E-state index contributed by atoms with van der Waals surface area (Å²) in [6, 6.07) is 5.78. The molecular weight excluding hydrogens is 250 g/mol. The molecule has 1 aromatic rings. The number of likely N-dealkylation sites (tertiary alicyclic amines) is 1. The standard InChI is InChI=1S/C17H25NO2/c1-3-16-7-5-4-6-10-18(16)12-15-11-14(13(2)19)8-9-17(15)20/h8-9,11,16,20H,3-7,10,12H2,1-2H3. The summed E-state index contributed by atoms with van der Waals surface area (Å²) in [6.07, 6.45) is 6.21. The molecule has 1 aliphatic rings. The van der Waals surface area contributed by atoms with Gasteiger partial charge in [-0.05, 0) is 50.9 Å². The van der Waals surface area contributed by atoms with Gasteiger partial charge in [0, 0.05) is 23.7 Å². The topological polar surface area (TPSA) is 40.5 Å². The second-order valence-electron chi connectivity index (χ2n) is 5.78. The lowest BCUT2D eigenvalue weighted by molar-refractivity contribution is 0.101. The molecule has 2 rings (SSSR count). The lowest BCUT2D eigenvalue weighted by Crippen LogP contribution is -2.33. The number of aromatic hydroxyl groups is 1. The van der Waals surface area contributed by atoms with Gasteiger partial charge in [-0.15, -0.1) is 0 Å². The van der Waals surface area contributed by atoms with Crippen molar-refractivity contribution in [3.05, 3.63) is 29.3 Å². The second kappa shape index (κ2) is 6.89. The minimum absolute atomic E-state index is 0.0501. The van der Waals surface area contributed by atoms with Crippen molar-refractivity contribution in [1.29, 1.82) is 0 Å². The minimum Gasteiger partial charge on any atom is -0.508 e. The summed E-state index contributed by atoms with van der Waals surface area (Å²) in [7, 11) is 0. The molecule has 0 aromatic heterocycles. The fourth-order valence-electron chi connectivity index (χ4n) is 3.06. The molecule has 1 fully saturated rings. The monoisotopic (exact) mass is 275 g/mol. The van der Waals surface area contributed by atoms with Crippen LogP contribution in [0.1, 0.15) is 61.9 Å². The summed E-state index contributed by atoms with van der Waals surface area (Å²) in [5, 5.41) is 10.0. The predicted octanol–water partition coefficient (Wildman–Crippen LogP) is 3.75. The van der Waals surface area contributed by atoms with Gasteiger partial charge in [-0.25, -0.2) is 0 Å². The van der Waals surface area contributed by atoms with Crippen LogP contribution in [0.4, 0.5) is 0 Å². The van der Waals surface area contributed by atoms with Crippen molar-refractivity contribution in [3.8, 4) is 5.75 Å². The van der Waals surface area contributed by atoms with Crippen molar-refractivity contribution in [2.45, 2.75) is 58.5 Å². The van der Waals surface area contributed by atoms with Crippen LogP contribution in [0, 0.1) is 0 Å². The molecule has 110 valence electrons. The van der Waals surface area contributed by atoms with E-state index in [1.165, 1.54) is 25.7 Å². The van der Waals surface area contributed by atoms with Gasteiger partial charge in [0.15, 0.2) is 5.78 Å². The normalized spacial score (nSPS) is 20.6. The van der Waals surface area contributed by atoms with E-state index in [4.69, 9.17) is 0 Å². The molecule has 0 radical (unpaired) electrons. The van der Waals surface area contributed by atoms with E-state index in [-0.39, 0.29) is 5.78 Å². The van der Waals surface area contributed by atoms with Crippen molar-refractivity contribution in [2.75, 3.05) is 6.54 Å². The van der Waals surface area contributed by atoms with Crippen LogP contribution in [0.3, 0.4) is 0 Å². The number of ketones is 1. The maximum absolute atomic E-state index is 11.5. The highest BCUT2D eigenvalue weighted by molar-refractivity contribution is 5.94. The fraction of sp³-hybridized carbons (Fsp3) is 0.588. The molecule has 1 heterocycles. The summed E-state index contributed by atoms with van der Waals surface area (Å²) < 4.78 is 0. The number of nitrogens with zero attached hydrogens (tertiary/aromatic N) is 1. The fourth-order valence-corrected chi connectivity index (χ4v) is 3.06. The molecular formula is C17H25NO2. The first kappa shape index (κ1) is 15.0. The number of phenols is 1. The molecule has 1 aliphatic heterocycles. The van der Waals surface area contributed by atoms with Crippen LogP contribution in [0.5, 0.6) is 5.75 Å². The molecule has 0 spiro atoms. The van der Waals surface area contributed by atoms with Crippen LogP contribution < -0.4 is 0 Å². The number of carbonyl (C=O) groups is 1. The first-order valence-electron chi connectivity index (χ1n) is 7.68. The van der Waals surface area contributed by atoms with Gasteiger partial charge in [-0.2, -0.15) is 0 Å². The van der Waals surface area contributed by atoms with Gasteiger partial charge in [0.2, 0.25) is 0 Å². The highest BCUT2D eigenvalue weighted by Gasteiger charge is 2.20. The molecule has 3 nitrogen and oxygen atoms in total. The Bertz CT molecular complexity index is 470. The van der Waals surface area contributed by atoms with Gasteiger partial charge in [0.05, 0.1) is 0 Å². The number of rotatable bonds is 4. The van der Waals surface area contributed by atoms with E-state index in [0.29, 0.717) is 17.4 Å². The minimum atomic E-state index is 0.0501. The van der Waals surface area contributed by atoms with Crippen molar-refractivity contribution in [1.82, 2.24) is 4.90 Å². The zero-order valence-corrected chi connectivity index (χ0v) is 12.6. The van der Waals surface area contributed by atoms with Crippen molar-refractivity contribution in [2.24, 2.45) is 0 Å². The van der Waals surface area contributed by atoms with Gasteiger partial charge in [-0.3, -0.25) is 9.69 Å². The molecule has 1 saturated heterocycles. The zero-order valence-electron chi connectivity index (χ0n) is 12.6. The van der Waals surface area contributed by atoms with Gasteiger partial charge >= 0.3 is 0 Å². The lowest BCUT2D eigenvalue weighted by atomic mass is 10.0. The van der Waals surface area contributed by atoms with E-state index >= 15 is 0 Å². The highest BCUT2D eigenvalue weighted by Crippen LogP contribution is 2.25. The summed E-state index contributed by atoms with van der Waals surface area (Å²) >= 11 is 0. The van der Waals surface area contributed by atoms with Crippen molar-refractivity contribution < 1.29 is 9.90 Å². The maximum atomic E-state index is 11.5. The summed E-state index contributed by atoms with van der Waals surface area (Å²) in [5.41, 5.74) is 1.55. The van der Waals surface area contributed by atoms with Crippen LogP contribution >= 0.6 is 0 Å². The Morgan fingerprint density at radius 3 is 2.85 bits per heavy atom. The Morgan fingerprint density at radius 1 is 1.35 bits per heavy atom. The van der Waals surface area contributed by atoms with E-state index in [2.05, 4.69) is 11.8 Å². The molecule has 20 heavy (non-hydrogen) atoms. The van der Waals surface area contributed by atoms with Gasteiger partial charge in [0.1, 0.15) is 5.75 Å². The highest BCUT2D eigenvalue weighted by atomic mass is 16.3. The third kappa shape index (κ3) is 3.60. The van der Waals surface area contributed by atoms with Crippen LogP contribution in [-0.2, 0) is 6.54 Å².